The standard InChI is InChI=1S/C13H18N4O2S2/c1-3-10-7-16-13(20-10)8(2)17-11-5-4-9(14)6-12(11)21(15,18)19/h4-8,17H,3,14H2,1-2H3,(H2,15,18,19). The van der Waals surface area contributed by atoms with Gasteiger partial charge >= 0.3 is 0 Å². The molecule has 1 atom stereocenters. The minimum atomic E-state index is -3.84. The van der Waals surface area contributed by atoms with Crippen LogP contribution in [-0.4, -0.2) is 13.4 Å². The predicted octanol–water partition coefficient (Wildman–Crippen LogP) is 2.11. The topological polar surface area (TPSA) is 111 Å². The molecular formula is C13H18N4O2S2. The zero-order valence-corrected chi connectivity index (χ0v) is 13.5. The molecule has 0 amide bonds. The lowest BCUT2D eigenvalue weighted by molar-refractivity contribution is 0.598. The van der Waals surface area contributed by atoms with Crippen LogP contribution in [0.25, 0.3) is 0 Å². The maximum absolute atomic E-state index is 11.6. The number of rotatable bonds is 5. The van der Waals surface area contributed by atoms with Crippen LogP contribution in [0.15, 0.2) is 29.3 Å². The fourth-order valence-corrected chi connectivity index (χ4v) is 3.47. The third-order valence-electron chi connectivity index (χ3n) is 2.97. The monoisotopic (exact) mass is 326 g/mol. The molecule has 1 aromatic heterocycles. The molecule has 0 saturated heterocycles. The molecule has 1 aromatic carbocycles. The van der Waals surface area contributed by atoms with E-state index in [4.69, 9.17) is 10.9 Å². The van der Waals surface area contributed by atoms with E-state index in [2.05, 4.69) is 17.2 Å². The third-order valence-corrected chi connectivity index (χ3v) is 5.25. The van der Waals surface area contributed by atoms with Crippen molar-refractivity contribution >= 4 is 32.7 Å². The van der Waals surface area contributed by atoms with Crippen LogP contribution in [0, 0.1) is 0 Å². The van der Waals surface area contributed by atoms with Crippen LogP contribution in [0.4, 0.5) is 11.4 Å². The van der Waals surface area contributed by atoms with Gasteiger partial charge in [-0.15, -0.1) is 11.3 Å². The number of primary sulfonamides is 1. The van der Waals surface area contributed by atoms with E-state index in [1.54, 1.807) is 23.5 Å². The first-order valence-corrected chi connectivity index (χ1v) is 8.81. The van der Waals surface area contributed by atoms with Crippen molar-refractivity contribution < 1.29 is 8.42 Å². The maximum Gasteiger partial charge on any atom is 0.240 e. The van der Waals surface area contributed by atoms with Gasteiger partial charge in [0, 0.05) is 16.8 Å². The molecule has 0 saturated carbocycles. The van der Waals surface area contributed by atoms with E-state index in [1.165, 1.54) is 10.9 Å². The first kappa shape index (κ1) is 15.7. The Balaban J connectivity index is 2.31. The van der Waals surface area contributed by atoms with Crippen molar-refractivity contribution in [3.63, 3.8) is 0 Å². The van der Waals surface area contributed by atoms with Crippen LogP contribution in [0.2, 0.25) is 0 Å². The lowest BCUT2D eigenvalue weighted by Crippen LogP contribution is -2.16. The predicted molar refractivity (Wildman–Crippen MR) is 85.8 cm³/mol. The Morgan fingerprint density at radius 3 is 2.71 bits per heavy atom. The van der Waals surface area contributed by atoms with Crippen LogP contribution in [0.3, 0.4) is 0 Å². The van der Waals surface area contributed by atoms with Crippen molar-refractivity contribution in [2.24, 2.45) is 5.14 Å². The van der Waals surface area contributed by atoms with Gasteiger partial charge in [-0.1, -0.05) is 6.92 Å². The molecule has 1 heterocycles. The first-order chi connectivity index (χ1) is 9.81. The Kier molecular flexibility index (Phi) is 4.50. The van der Waals surface area contributed by atoms with E-state index in [1.807, 2.05) is 13.1 Å². The number of hydrogen-bond acceptors (Lipinski definition) is 6. The van der Waals surface area contributed by atoms with Crippen molar-refractivity contribution in [1.29, 1.82) is 0 Å². The largest absolute Gasteiger partial charge is 0.399 e. The van der Waals surface area contributed by atoms with Gasteiger partial charge in [0.25, 0.3) is 0 Å². The minimum Gasteiger partial charge on any atom is -0.399 e. The minimum absolute atomic E-state index is 0.0124. The Bertz CT molecular complexity index is 740. The molecule has 8 heteroatoms. The van der Waals surface area contributed by atoms with Crippen LogP contribution in [0.5, 0.6) is 0 Å². The average Bonchev–Trinajstić information content (AvgIpc) is 2.88. The fraction of sp³-hybridized carbons (Fsp3) is 0.308. The number of sulfonamides is 1. The Hall–Kier alpha value is -1.64. The number of thiazole rings is 1. The summed E-state index contributed by atoms with van der Waals surface area (Å²) in [5.74, 6) is 0. The molecule has 5 N–H and O–H groups in total. The van der Waals surface area contributed by atoms with Crippen molar-refractivity contribution in [2.45, 2.75) is 31.2 Å². The summed E-state index contributed by atoms with van der Waals surface area (Å²) in [6, 6.07) is 4.46. The Morgan fingerprint density at radius 2 is 2.14 bits per heavy atom. The average molecular weight is 326 g/mol. The van der Waals surface area contributed by atoms with Crippen molar-refractivity contribution in [2.75, 3.05) is 11.1 Å². The summed E-state index contributed by atoms with van der Waals surface area (Å²) in [7, 11) is -3.84. The number of nitrogens with one attached hydrogen (secondary N) is 1. The zero-order chi connectivity index (χ0) is 15.6. The summed E-state index contributed by atoms with van der Waals surface area (Å²) in [5.41, 5.74) is 6.40. The second-order valence-electron chi connectivity index (χ2n) is 4.68. The van der Waals surface area contributed by atoms with Gasteiger partial charge in [-0.25, -0.2) is 18.5 Å². The van der Waals surface area contributed by atoms with E-state index in [0.29, 0.717) is 11.4 Å². The van der Waals surface area contributed by atoms with Gasteiger partial charge < -0.3 is 11.1 Å². The lowest BCUT2D eigenvalue weighted by Gasteiger charge is -2.16. The number of hydrogen-bond donors (Lipinski definition) is 3. The summed E-state index contributed by atoms with van der Waals surface area (Å²) in [4.78, 5) is 5.51. The Labute approximate surface area is 128 Å². The number of anilines is 2. The molecule has 1 unspecified atom stereocenters. The summed E-state index contributed by atoms with van der Waals surface area (Å²) < 4.78 is 23.3. The molecule has 114 valence electrons. The van der Waals surface area contributed by atoms with Gasteiger partial charge in [-0.05, 0) is 31.5 Å². The molecule has 2 rings (SSSR count). The van der Waals surface area contributed by atoms with Crippen LogP contribution >= 0.6 is 11.3 Å². The molecule has 0 radical (unpaired) electrons. The smallest absolute Gasteiger partial charge is 0.240 e. The van der Waals surface area contributed by atoms with Gasteiger partial charge in [0.15, 0.2) is 0 Å². The number of benzene rings is 1. The van der Waals surface area contributed by atoms with E-state index in [9.17, 15) is 8.42 Å². The third kappa shape index (κ3) is 3.72. The molecule has 0 fully saturated rings. The molecule has 2 aromatic rings. The lowest BCUT2D eigenvalue weighted by atomic mass is 10.2. The van der Waals surface area contributed by atoms with Gasteiger partial charge in [-0.2, -0.15) is 0 Å². The molecule has 0 spiro atoms. The SMILES string of the molecule is CCc1cnc(C(C)Nc2ccc(N)cc2S(N)(=O)=O)s1. The summed E-state index contributed by atoms with van der Waals surface area (Å²) in [6.45, 7) is 3.98. The zero-order valence-electron chi connectivity index (χ0n) is 11.8. The van der Waals surface area contributed by atoms with E-state index in [0.717, 1.165) is 11.4 Å². The highest BCUT2D eigenvalue weighted by atomic mass is 32.2. The van der Waals surface area contributed by atoms with Crippen LogP contribution in [0.1, 0.15) is 29.8 Å². The molecule has 6 nitrogen and oxygen atoms in total. The number of aromatic nitrogens is 1. The number of nitrogen functional groups attached to an aromatic ring is 1. The normalized spacial score (nSPS) is 13.1. The van der Waals surface area contributed by atoms with Gasteiger partial charge in [0.1, 0.15) is 9.90 Å². The summed E-state index contributed by atoms with van der Waals surface area (Å²) in [5, 5.41) is 9.25. The number of nitrogens with zero attached hydrogens (tertiary/aromatic N) is 1. The Morgan fingerprint density at radius 1 is 1.43 bits per heavy atom. The molecule has 21 heavy (non-hydrogen) atoms. The highest BCUT2D eigenvalue weighted by molar-refractivity contribution is 7.89. The maximum atomic E-state index is 11.6. The van der Waals surface area contributed by atoms with Gasteiger partial charge in [-0.3, -0.25) is 0 Å². The first-order valence-electron chi connectivity index (χ1n) is 6.44. The van der Waals surface area contributed by atoms with Crippen LogP contribution < -0.4 is 16.2 Å². The number of nitrogens with two attached hydrogens (primary N) is 2. The second kappa shape index (κ2) is 6.00. The highest BCUT2D eigenvalue weighted by Crippen LogP contribution is 2.28. The summed E-state index contributed by atoms with van der Waals surface area (Å²) in [6.07, 6.45) is 2.76. The van der Waals surface area contributed by atoms with E-state index >= 15 is 0 Å². The molecular weight excluding hydrogens is 308 g/mol. The number of aryl methyl sites for hydroxylation is 1. The van der Waals surface area contributed by atoms with E-state index < -0.39 is 10.0 Å². The quantitative estimate of drug-likeness (QED) is 0.729. The van der Waals surface area contributed by atoms with Crippen molar-refractivity contribution in [3.8, 4) is 0 Å². The summed E-state index contributed by atoms with van der Waals surface area (Å²) >= 11 is 1.60. The molecule has 0 bridgehead atoms. The second-order valence-corrected chi connectivity index (χ2v) is 7.36. The molecule has 0 aliphatic heterocycles. The van der Waals surface area contributed by atoms with E-state index in [-0.39, 0.29) is 10.9 Å². The molecule has 0 aliphatic rings. The van der Waals surface area contributed by atoms with Crippen molar-refractivity contribution in [3.05, 3.63) is 34.3 Å². The fourth-order valence-electron chi connectivity index (χ4n) is 1.87. The van der Waals surface area contributed by atoms with Crippen LogP contribution in [-0.2, 0) is 16.4 Å². The highest BCUT2D eigenvalue weighted by Gasteiger charge is 2.17. The van der Waals surface area contributed by atoms with Crippen molar-refractivity contribution in [1.82, 2.24) is 4.98 Å². The molecule has 0 aliphatic carbocycles. The van der Waals surface area contributed by atoms with Gasteiger partial charge in [0.05, 0.1) is 11.7 Å². The van der Waals surface area contributed by atoms with Gasteiger partial charge in [0.2, 0.25) is 10.0 Å².